The molecule has 0 amide bonds. The lowest BCUT2D eigenvalue weighted by atomic mass is 9.63. The third-order valence-electron chi connectivity index (χ3n) is 15.3. The van der Waals surface area contributed by atoms with E-state index in [1.807, 2.05) is 0 Å². The molecule has 0 radical (unpaired) electrons. The average Bonchev–Trinajstić information content (AvgIpc) is 3.80. The summed E-state index contributed by atoms with van der Waals surface area (Å²) in [6, 6.07) is 76.2. The lowest BCUT2D eigenvalue weighted by molar-refractivity contribution is 0.473. The smallest absolute Gasteiger partial charge is 0.153 e. The van der Waals surface area contributed by atoms with Crippen LogP contribution < -0.4 is 14.5 Å². The Balaban J connectivity index is 0.981. The second-order valence-electron chi connectivity index (χ2n) is 19.1. The van der Waals surface area contributed by atoms with Crippen LogP contribution in [0.5, 0.6) is 11.5 Å². The summed E-state index contributed by atoms with van der Waals surface area (Å²) >= 11 is 0. The van der Waals surface area contributed by atoms with Gasteiger partial charge in [-0.25, -0.2) is 0 Å². The van der Waals surface area contributed by atoms with Crippen LogP contribution in [0.2, 0.25) is 0 Å². The number of nitrogens with zero attached hydrogens (tertiary/aromatic N) is 2. The molecule has 67 heavy (non-hydrogen) atoms. The minimum absolute atomic E-state index is 0.169. The van der Waals surface area contributed by atoms with Gasteiger partial charge in [0.2, 0.25) is 0 Å². The number of hydrogen-bond acceptors (Lipinski definition) is 3. The molecular formula is C64H46N2O. The molecule has 0 fully saturated rings. The maximum atomic E-state index is 7.26. The highest BCUT2D eigenvalue weighted by Crippen LogP contribution is 2.67. The molecule has 3 nitrogen and oxygen atoms in total. The fourth-order valence-electron chi connectivity index (χ4n) is 12.4. The van der Waals surface area contributed by atoms with E-state index < -0.39 is 5.41 Å². The number of para-hydroxylation sites is 2. The van der Waals surface area contributed by atoms with Crippen molar-refractivity contribution in [2.75, 3.05) is 9.80 Å². The quantitative estimate of drug-likeness (QED) is 0.171. The monoisotopic (exact) mass is 858 g/mol. The van der Waals surface area contributed by atoms with E-state index in [0.29, 0.717) is 0 Å². The molecule has 1 unspecified atom stereocenters. The van der Waals surface area contributed by atoms with Gasteiger partial charge >= 0.3 is 0 Å². The van der Waals surface area contributed by atoms with Gasteiger partial charge in [-0.15, -0.1) is 0 Å². The van der Waals surface area contributed by atoms with Crippen molar-refractivity contribution in [3.05, 3.63) is 257 Å². The summed E-state index contributed by atoms with van der Waals surface area (Å²) in [5.74, 6) is 1.68. The first-order chi connectivity index (χ1) is 33.0. The molecule has 0 bridgehead atoms. The van der Waals surface area contributed by atoms with Gasteiger partial charge in [0, 0.05) is 28.5 Å². The second-order valence-corrected chi connectivity index (χ2v) is 19.1. The number of fused-ring (bicyclic) bond motifs is 13. The van der Waals surface area contributed by atoms with Gasteiger partial charge in [-0.2, -0.15) is 0 Å². The Bertz CT molecular complexity index is 3540. The van der Waals surface area contributed by atoms with Crippen molar-refractivity contribution in [3.8, 4) is 44.9 Å². The summed E-state index contributed by atoms with van der Waals surface area (Å²) in [6.07, 6.45) is 6.88. The number of hydrogen-bond donors (Lipinski definition) is 0. The Kier molecular flexibility index (Phi) is 8.08. The minimum atomic E-state index is -0.458. The van der Waals surface area contributed by atoms with Crippen LogP contribution in [-0.4, -0.2) is 0 Å². The first-order valence-corrected chi connectivity index (χ1v) is 23.6. The molecule has 9 aromatic carbocycles. The third kappa shape index (κ3) is 5.34. The third-order valence-corrected chi connectivity index (χ3v) is 15.3. The van der Waals surface area contributed by atoms with Crippen LogP contribution >= 0.6 is 0 Å². The number of allylic oxidation sites excluding steroid dienone is 4. The van der Waals surface area contributed by atoms with Crippen LogP contribution in [0.4, 0.5) is 34.1 Å². The van der Waals surface area contributed by atoms with Crippen molar-refractivity contribution in [1.82, 2.24) is 0 Å². The van der Waals surface area contributed by atoms with Gasteiger partial charge in [-0.05, 0) is 145 Å². The highest BCUT2D eigenvalue weighted by Gasteiger charge is 2.54. The number of benzene rings is 9. The molecular weight excluding hydrogens is 813 g/mol. The van der Waals surface area contributed by atoms with E-state index in [1.165, 1.54) is 72.5 Å². The lowest BCUT2D eigenvalue weighted by Crippen LogP contribution is -2.37. The molecule has 0 N–H and O–H groups in total. The molecule has 0 aromatic heterocycles. The van der Waals surface area contributed by atoms with Crippen LogP contribution in [0, 0.1) is 0 Å². The minimum Gasteiger partial charge on any atom is -0.453 e. The zero-order valence-electron chi connectivity index (χ0n) is 37.5. The average molecular weight is 859 g/mol. The SMILES string of the molecule is CC1(C)c2ccccc2-c2ccc(N(c3cc(-c4ccccc4)cc(-c4ccccc4)c3)c3ccc4c(c3)Oc3cccc5c3N4c3ccccc3C53C4=C(CCC=C4)c4ccccc43)cc21. The van der Waals surface area contributed by atoms with Gasteiger partial charge in [0.1, 0.15) is 0 Å². The van der Waals surface area contributed by atoms with Crippen LogP contribution in [0.1, 0.15) is 60.1 Å². The predicted molar refractivity (Wildman–Crippen MR) is 276 cm³/mol. The summed E-state index contributed by atoms with van der Waals surface area (Å²) in [6.45, 7) is 4.72. The molecule has 2 aliphatic heterocycles. The number of rotatable bonds is 5. The summed E-state index contributed by atoms with van der Waals surface area (Å²) in [5.41, 5.74) is 24.0. The Hall–Kier alpha value is -8.14. The second kappa shape index (κ2) is 14.2. The lowest BCUT2D eigenvalue weighted by Gasteiger charge is -2.47. The van der Waals surface area contributed by atoms with E-state index in [9.17, 15) is 0 Å². The first kappa shape index (κ1) is 38.2. The topological polar surface area (TPSA) is 15.7 Å². The van der Waals surface area contributed by atoms with Crippen LogP contribution in [0.25, 0.3) is 39.0 Å². The molecule has 0 saturated carbocycles. The zero-order valence-corrected chi connectivity index (χ0v) is 37.5. The van der Waals surface area contributed by atoms with Gasteiger partial charge in [-0.3, -0.25) is 0 Å². The number of anilines is 6. The molecule has 3 aliphatic carbocycles. The van der Waals surface area contributed by atoms with Crippen molar-refractivity contribution < 1.29 is 4.74 Å². The van der Waals surface area contributed by atoms with Gasteiger partial charge < -0.3 is 14.5 Å². The molecule has 1 spiro atoms. The highest BCUT2D eigenvalue weighted by atomic mass is 16.5. The standard InChI is InChI=1S/C64H46N2O/c1-63(2)52-25-12-9-22-48(52)51-34-32-45(39-57(51)63)65(47-37-43(41-18-5-3-6-19-41)36-44(38-47)42-20-7-4-8-21-42)46-33-35-59-61(40-46)67-60-31-17-29-56-62(60)66(59)58-30-16-15-28-55(58)64(56)53-26-13-10-23-49(53)50-24-11-14-27-54(50)64/h3-10,12-23,25-40H,11,24H2,1-2H3. The van der Waals surface area contributed by atoms with E-state index >= 15 is 0 Å². The van der Waals surface area contributed by atoms with Crippen molar-refractivity contribution in [1.29, 1.82) is 0 Å². The fraction of sp³-hybridized carbons (Fsp3) is 0.0938. The van der Waals surface area contributed by atoms with Gasteiger partial charge in [0.25, 0.3) is 0 Å². The molecule has 3 heteroatoms. The van der Waals surface area contributed by atoms with E-state index in [0.717, 1.165) is 63.9 Å². The molecule has 9 aromatic rings. The van der Waals surface area contributed by atoms with Crippen molar-refractivity contribution in [3.63, 3.8) is 0 Å². The van der Waals surface area contributed by atoms with E-state index in [2.05, 4.69) is 242 Å². The molecule has 1 atom stereocenters. The van der Waals surface area contributed by atoms with Gasteiger partial charge in [0.05, 0.1) is 22.5 Å². The normalized spacial score (nSPS) is 17.1. The van der Waals surface area contributed by atoms with E-state index in [4.69, 9.17) is 4.74 Å². The van der Waals surface area contributed by atoms with Crippen molar-refractivity contribution in [2.45, 2.75) is 37.5 Å². The van der Waals surface area contributed by atoms with Crippen molar-refractivity contribution in [2.24, 2.45) is 0 Å². The molecule has 14 rings (SSSR count). The Morgan fingerprint density at radius 1 is 0.448 bits per heavy atom. The summed E-state index contributed by atoms with van der Waals surface area (Å²) in [4.78, 5) is 4.91. The zero-order chi connectivity index (χ0) is 44.4. The molecule has 318 valence electrons. The maximum absolute atomic E-state index is 7.26. The van der Waals surface area contributed by atoms with E-state index in [1.54, 1.807) is 0 Å². The maximum Gasteiger partial charge on any atom is 0.153 e. The summed E-state index contributed by atoms with van der Waals surface area (Å²) < 4.78 is 7.26. The van der Waals surface area contributed by atoms with Crippen LogP contribution in [-0.2, 0) is 10.8 Å². The van der Waals surface area contributed by atoms with Crippen molar-refractivity contribution >= 4 is 39.7 Å². The van der Waals surface area contributed by atoms with Gasteiger partial charge in [-0.1, -0.05) is 172 Å². The fourth-order valence-corrected chi connectivity index (χ4v) is 12.4. The van der Waals surface area contributed by atoms with Crippen LogP contribution in [0.15, 0.2) is 224 Å². The Labute approximate surface area is 392 Å². The largest absolute Gasteiger partial charge is 0.453 e. The summed E-state index contributed by atoms with van der Waals surface area (Å²) in [7, 11) is 0. The molecule has 5 aliphatic rings. The summed E-state index contributed by atoms with van der Waals surface area (Å²) in [5, 5.41) is 0. The predicted octanol–water partition coefficient (Wildman–Crippen LogP) is 17.1. The highest BCUT2D eigenvalue weighted by molar-refractivity contribution is 6.01. The first-order valence-electron chi connectivity index (χ1n) is 23.6. The molecule has 0 saturated heterocycles. The Morgan fingerprint density at radius 3 is 1.85 bits per heavy atom. The number of ether oxygens (including phenoxy) is 1. The Morgan fingerprint density at radius 2 is 1.07 bits per heavy atom. The van der Waals surface area contributed by atoms with E-state index in [-0.39, 0.29) is 5.41 Å². The molecule has 2 heterocycles. The van der Waals surface area contributed by atoms with Gasteiger partial charge in [0.15, 0.2) is 11.5 Å². The van der Waals surface area contributed by atoms with Crippen LogP contribution in [0.3, 0.4) is 0 Å².